The van der Waals surface area contributed by atoms with Crippen LogP contribution in [-0.4, -0.2) is 17.9 Å². The van der Waals surface area contributed by atoms with Crippen molar-refractivity contribution in [2.45, 2.75) is 26.4 Å². The van der Waals surface area contributed by atoms with Gasteiger partial charge in [0.05, 0.1) is 0 Å². The number of nitrogens with one attached hydrogen (secondary N) is 1. The average Bonchev–Trinajstić information content (AvgIpc) is 2.55. The molecule has 2 amide bonds. The van der Waals surface area contributed by atoms with Crippen LogP contribution in [0.1, 0.15) is 29.3 Å². The molecule has 0 bridgehead atoms. The lowest BCUT2D eigenvalue weighted by atomic mass is 10.1. The molecule has 6 heteroatoms. The summed E-state index contributed by atoms with van der Waals surface area (Å²) < 4.78 is 18.5. The maximum absolute atomic E-state index is 12.9. The number of primary amides is 1. The molecule has 24 heavy (non-hydrogen) atoms. The third-order valence-corrected chi connectivity index (χ3v) is 3.61. The number of carbonyl (C=O) groups excluding carboxylic acids is 2. The second-order valence-corrected chi connectivity index (χ2v) is 5.30. The molecule has 0 aromatic heterocycles. The van der Waals surface area contributed by atoms with Crippen molar-refractivity contribution in [3.63, 3.8) is 0 Å². The van der Waals surface area contributed by atoms with Crippen molar-refractivity contribution < 1.29 is 18.7 Å². The summed E-state index contributed by atoms with van der Waals surface area (Å²) in [6, 6.07) is 10.4. The van der Waals surface area contributed by atoms with E-state index in [1.807, 2.05) is 0 Å². The molecule has 0 aliphatic rings. The zero-order chi connectivity index (χ0) is 17.7. The first-order chi connectivity index (χ1) is 11.4. The van der Waals surface area contributed by atoms with Gasteiger partial charge in [-0.1, -0.05) is 13.0 Å². The minimum Gasteiger partial charge on any atom is -0.481 e. The maximum atomic E-state index is 12.9. The highest BCUT2D eigenvalue weighted by molar-refractivity contribution is 5.99. The molecule has 0 aliphatic carbocycles. The molecule has 0 saturated heterocycles. The molecule has 1 atom stereocenters. The first-order valence-corrected chi connectivity index (χ1v) is 7.55. The van der Waals surface area contributed by atoms with E-state index in [4.69, 9.17) is 10.5 Å². The van der Waals surface area contributed by atoms with E-state index in [9.17, 15) is 14.0 Å². The van der Waals surface area contributed by atoms with Gasteiger partial charge in [0.25, 0.3) is 5.91 Å². The molecule has 0 saturated carbocycles. The van der Waals surface area contributed by atoms with Crippen LogP contribution in [0.2, 0.25) is 0 Å². The van der Waals surface area contributed by atoms with Crippen LogP contribution in [0.25, 0.3) is 0 Å². The summed E-state index contributed by atoms with van der Waals surface area (Å²) in [5.41, 5.74) is 6.75. The third-order valence-electron chi connectivity index (χ3n) is 3.61. The number of hydrogen-bond acceptors (Lipinski definition) is 3. The lowest BCUT2D eigenvalue weighted by Crippen LogP contribution is -2.32. The van der Waals surface area contributed by atoms with Gasteiger partial charge in [0.2, 0.25) is 5.91 Å². The van der Waals surface area contributed by atoms with Crippen LogP contribution in [0.5, 0.6) is 5.75 Å². The Labute approximate surface area is 139 Å². The number of rotatable bonds is 6. The van der Waals surface area contributed by atoms with E-state index >= 15 is 0 Å². The monoisotopic (exact) mass is 330 g/mol. The van der Waals surface area contributed by atoms with Crippen LogP contribution in [0.3, 0.4) is 0 Å². The summed E-state index contributed by atoms with van der Waals surface area (Å²) in [5, 5.41) is 2.74. The molecule has 2 rings (SSSR count). The van der Waals surface area contributed by atoms with Crippen molar-refractivity contribution in [2.75, 3.05) is 5.32 Å². The number of amides is 2. The number of benzene rings is 2. The van der Waals surface area contributed by atoms with Crippen molar-refractivity contribution in [3.05, 3.63) is 59.4 Å². The molecule has 0 radical (unpaired) electrons. The normalized spacial score (nSPS) is 11.6. The fourth-order valence-electron chi connectivity index (χ4n) is 2.25. The molecule has 2 aromatic rings. The zero-order valence-electron chi connectivity index (χ0n) is 13.5. The Morgan fingerprint density at radius 1 is 1.21 bits per heavy atom. The Morgan fingerprint density at radius 2 is 1.88 bits per heavy atom. The topological polar surface area (TPSA) is 81.4 Å². The van der Waals surface area contributed by atoms with Crippen molar-refractivity contribution in [1.82, 2.24) is 0 Å². The lowest BCUT2D eigenvalue weighted by molar-refractivity contribution is -0.122. The fraction of sp³-hybridized carbons (Fsp3) is 0.222. The summed E-state index contributed by atoms with van der Waals surface area (Å²) in [6.07, 6.45) is -0.315. The Bertz CT molecular complexity index is 744. The van der Waals surface area contributed by atoms with Crippen molar-refractivity contribution in [2.24, 2.45) is 5.73 Å². The predicted octanol–water partition coefficient (Wildman–Crippen LogP) is 3.03. The Hall–Kier alpha value is -2.89. The number of hydrogen-bond donors (Lipinski definition) is 2. The third kappa shape index (κ3) is 4.10. The van der Waals surface area contributed by atoms with E-state index < -0.39 is 12.0 Å². The van der Waals surface area contributed by atoms with Gasteiger partial charge in [0.1, 0.15) is 11.6 Å². The highest BCUT2D eigenvalue weighted by Gasteiger charge is 2.20. The number of halogens is 1. The van der Waals surface area contributed by atoms with Gasteiger partial charge in [0, 0.05) is 11.3 Å². The van der Waals surface area contributed by atoms with E-state index in [0.717, 1.165) is 0 Å². The standard InChI is InChI=1S/C18H19FN2O3/c1-3-16(24-13-9-7-12(19)8-10-13)18(23)21-15-6-4-5-14(11(15)2)17(20)22/h4-10,16H,3H2,1-2H3,(H2,20,22)(H,21,23). The van der Waals surface area contributed by atoms with Gasteiger partial charge < -0.3 is 15.8 Å². The first kappa shape index (κ1) is 17.5. The van der Waals surface area contributed by atoms with Crippen molar-refractivity contribution in [3.8, 4) is 5.75 Å². The molecular weight excluding hydrogens is 311 g/mol. The van der Waals surface area contributed by atoms with E-state index in [1.165, 1.54) is 24.3 Å². The summed E-state index contributed by atoms with van der Waals surface area (Å²) >= 11 is 0. The molecule has 2 aromatic carbocycles. The number of nitrogens with two attached hydrogens (primary N) is 1. The summed E-state index contributed by atoms with van der Waals surface area (Å²) in [5.74, 6) is -0.885. The largest absolute Gasteiger partial charge is 0.481 e. The van der Waals surface area contributed by atoms with E-state index in [0.29, 0.717) is 29.0 Å². The molecule has 0 heterocycles. The molecule has 3 N–H and O–H groups in total. The fourth-order valence-corrected chi connectivity index (χ4v) is 2.25. The highest BCUT2D eigenvalue weighted by Crippen LogP contribution is 2.20. The smallest absolute Gasteiger partial charge is 0.265 e. The highest BCUT2D eigenvalue weighted by atomic mass is 19.1. The quantitative estimate of drug-likeness (QED) is 0.854. The van der Waals surface area contributed by atoms with E-state index in [2.05, 4.69) is 5.32 Å². The van der Waals surface area contributed by atoms with Crippen LogP contribution in [-0.2, 0) is 4.79 Å². The van der Waals surface area contributed by atoms with Gasteiger partial charge in [-0.25, -0.2) is 4.39 Å². The minimum absolute atomic E-state index is 0.348. The maximum Gasteiger partial charge on any atom is 0.265 e. The van der Waals surface area contributed by atoms with Gasteiger partial charge in [0.15, 0.2) is 6.10 Å². The van der Waals surface area contributed by atoms with Crippen LogP contribution in [0.4, 0.5) is 10.1 Å². The second kappa shape index (κ2) is 7.59. The summed E-state index contributed by atoms with van der Waals surface area (Å²) in [7, 11) is 0. The van der Waals surface area contributed by atoms with Crippen molar-refractivity contribution in [1.29, 1.82) is 0 Å². The van der Waals surface area contributed by atoms with Gasteiger partial charge in [-0.2, -0.15) is 0 Å². The Morgan fingerprint density at radius 3 is 2.46 bits per heavy atom. The van der Waals surface area contributed by atoms with E-state index in [-0.39, 0.29) is 11.7 Å². The SMILES string of the molecule is CCC(Oc1ccc(F)cc1)C(=O)Nc1cccc(C(N)=O)c1C. The van der Waals surface area contributed by atoms with Crippen molar-refractivity contribution >= 4 is 17.5 Å². The first-order valence-electron chi connectivity index (χ1n) is 7.55. The van der Waals surface area contributed by atoms with Crippen LogP contribution in [0.15, 0.2) is 42.5 Å². The number of anilines is 1. The predicted molar refractivity (Wildman–Crippen MR) is 89.4 cm³/mol. The Balaban J connectivity index is 2.13. The van der Waals surface area contributed by atoms with Gasteiger partial charge >= 0.3 is 0 Å². The number of ether oxygens (including phenoxy) is 1. The molecule has 5 nitrogen and oxygen atoms in total. The average molecular weight is 330 g/mol. The van der Waals surface area contributed by atoms with Crippen LogP contribution >= 0.6 is 0 Å². The van der Waals surface area contributed by atoms with Crippen LogP contribution < -0.4 is 15.8 Å². The van der Waals surface area contributed by atoms with Gasteiger partial charge in [-0.15, -0.1) is 0 Å². The minimum atomic E-state index is -0.743. The lowest BCUT2D eigenvalue weighted by Gasteiger charge is -2.18. The second-order valence-electron chi connectivity index (χ2n) is 5.30. The zero-order valence-corrected chi connectivity index (χ0v) is 13.5. The molecule has 126 valence electrons. The molecule has 0 fully saturated rings. The molecule has 0 aliphatic heterocycles. The molecule has 1 unspecified atom stereocenters. The summed E-state index contributed by atoms with van der Waals surface area (Å²) in [4.78, 5) is 23.8. The van der Waals surface area contributed by atoms with Crippen LogP contribution in [0, 0.1) is 12.7 Å². The Kier molecular flexibility index (Phi) is 5.52. The summed E-state index contributed by atoms with van der Waals surface area (Å²) in [6.45, 7) is 3.51. The van der Waals surface area contributed by atoms with E-state index in [1.54, 1.807) is 32.0 Å². The molecule has 0 spiro atoms. The number of carbonyl (C=O) groups is 2. The molecular formula is C18H19FN2O3. The van der Waals surface area contributed by atoms with Gasteiger partial charge in [-0.05, 0) is 55.3 Å². The van der Waals surface area contributed by atoms with Gasteiger partial charge in [-0.3, -0.25) is 9.59 Å².